The molecule has 0 saturated heterocycles. The van der Waals surface area contributed by atoms with Gasteiger partial charge in [-0.05, 0) is 29.9 Å². The summed E-state index contributed by atoms with van der Waals surface area (Å²) in [5.74, 6) is 0.274. The molecule has 4 heteroatoms. The molecule has 0 aromatic heterocycles. The van der Waals surface area contributed by atoms with E-state index in [0.717, 1.165) is 5.56 Å². The molecule has 0 unspecified atom stereocenters. The third-order valence-corrected chi connectivity index (χ3v) is 4.64. The van der Waals surface area contributed by atoms with Crippen LogP contribution in [-0.4, -0.2) is 17.4 Å². The van der Waals surface area contributed by atoms with E-state index in [1.165, 1.54) is 0 Å². The zero-order valence-corrected chi connectivity index (χ0v) is 14.2. The molecular weight excluding hydrogens is 305 g/mol. The molecule has 2 atom stereocenters. The lowest BCUT2D eigenvalue weighted by molar-refractivity contribution is -0.133. The number of amides is 1. The molecule has 1 fully saturated rings. The minimum atomic E-state index is -0.0732. The largest absolute Gasteiger partial charge is 0.338 e. The van der Waals surface area contributed by atoms with Crippen LogP contribution < -0.4 is 0 Å². The summed E-state index contributed by atoms with van der Waals surface area (Å²) in [6, 6.07) is 10.1. The fourth-order valence-corrected chi connectivity index (χ4v) is 3.21. The van der Waals surface area contributed by atoms with E-state index in [1.807, 2.05) is 42.2 Å². The molecule has 0 spiro atoms. The van der Waals surface area contributed by atoms with Crippen molar-refractivity contribution >= 4 is 29.1 Å². The highest BCUT2D eigenvalue weighted by Gasteiger charge is 2.61. The molecule has 1 aliphatic rings. The molecular formula is C17H21Cl2NO. The Morgan fingerprint density at radius 2 is 1.90 bits per heavy atom. The first-order chi connectivity index (χ1) is 9.87. The Labute approximate surface area is 136 Å². The summed E-state index contributed by atoms with van der Waals surface area (Å²) in [5.41, 5.74) is 1.07. The lowest BCUT2D eigenvalue weighted by atomic mass is 10.1. The number of allylic oxidation sites excluding steroid dienone is 1. The van der Waals surface area contributed by atoms with Gasteiger partial charge in [0.2, 0.25) is 5.91 Å². The van der Waals surface area contributed by atoms with Crippen LogP contribution in [0.5, 0.6) is 0 Å². The molecule has 114 valence electrons. The Bertz CT molecular complexity index is 535. The number of halogens is 2. The topological polar surface area (TPSA) is 20.3 Å². The third-order valence-electron chi connectivity index (χ3n) is 4.39. The van der Waals surface area contributed by atoms with Crippen LogP contribution in [0.25, 0.3) is 0 Å². The van der Waals surface area contributed by atoms with E-state index in [2.05, 4.69) is 13.8 Å². The van der Waals surface area contributed by atoms with E-state index in [4.69, 9.17) is 23.2 Å². The van der Waals surface area contributed by atoms with Crippen molar-refractivity contribution < 1.29 is 4.79 Å². The van der Waals surface area contributed by atoms with Crippen LogP contribution in [0.15, 0.2) is 40.9 Å². The maximum absolute atomic E-state index is 12.8. The van der Waals surface area contributed by atoms with Gasteiger partial charge in [-0.2, -0.15) is 0 Å². The van der Waals surface area contributed by atoms with Gasteiger partial charge in [0, 0.05) is 13.1 Å². The Kier molecular flexibility index (Phi) is 5.00. The van der Waals surface area contributed by atoms with E-state index in [1.54, 1.807) is 6.08 Å². The summed E-state index contributed by atoms with van der Waals surface area (Å²) >= 11 is 11.5. The summed E-state index contributed by atoms with van der Waals surface area (Å²) in [6.07, 6.45) is 1.79. The monoisotopic (exact) mass is 325 g/mol. The second kappa shape index (κ2) is 6.41. The minimum Gasteiger partial charge on any atom is -0.338 e. The Balaban J connectivity index is 2.09. The van der Waals surface area contributed by atoms with Crippen molar-refractivity contribution in [2.75, 3.05) is 6.54 Å². The quantitative estimate of drug-likeness (QED) is 0.773. The number of benzene rings is 1. The Morgan fingerprint density at radius 3 is 2.43 bits per heavy atom. The highest BCUT2D eigenvalue weighted by molar-refractivity contribution is 6.55. The predicted octanol–water partition coefficient (Wildman–Crippen LogP) is 4.63. The van der Waals surface area contributed by atoms with Crippen LogP contribution in [0, 0.1) is 17.3 Å². The first-order valence-electron chi connectivity index (χ1n) is 7.23. The number of nitrogens with zero attached hydrogens (tertiary/aromatic N) is 1. The van der Waals surface area contributed by atoms with Gasteiger partial charge in [0.15, 0.2) is 0 Å². The van der Waals surface area contributed by atoms with Crippen molar-refractivity contribution in [1.82, 2.24) is 4.90 Å². The molecule has 1 amide bonds. The van der Waals surface area contributed by atoms with Gasteiger partial charge in [0.05, 0.1) is 5.92 Å². The van der Waals surface area contributed by atoms with Crippen LogP contribution in [0.4, 0.5) is 0 Å². The number of hydrogen-bond acceptors (Lipinski definition) is 1. The summed E-state index contributed by atoms with van der Waals surface area (Å²) in [4.78, 5) is 14.7. The maximum Gasteiger partial charge on any atom is 0.227 e. The smallest absolute Gasteiger partial charge is 0.227 e. The fourth-order valence-electron chi connectivity index (χ4n) is 2.94. The van der Waals surface area contributed by atoms with Crippen LogP contribution in [0.2, 0.25) is 0 Å². The SMILES string of the molecule is CCN(Cc1ccccc1)C(=O)[C@@H]1[C@H](C=C(Cl)Cl)C1(C)C. The Hall–Kier alpha value is -0.990. The lowest BCUT2D eigenvalue weighted by Crippen LogP contribution is -2.32. The van der Waals surface area contributed by atoms with Crippen LogP contribution in [-0.2, 0) is 11.3 Å². The molecule has 1 aliphatic carbocycles. The first kappa shape index (κ1) is 16.4. The van der Waals surface area contributed by atoms with Gasteiger partial charge in [0.1, 0.15) is 4.49 Å². The van der Waals surface area contributed by atoms with Crippen molar-refractivity contribution in [3.05, 3.63) is 46.5 Å². The molecule has 1 saturated carbocycles. The summed E-state index contributed by atoms with van der Waals surface area (Å²) < 4.78 is 0.245. The zero-order valence-electron chi connectivity index (χ0n) is 12.6. The van der Waals surface area contributed by atoms with E-state index >= 15 is 0 Å². The molecule has 0 bridgehead atoms. The van der Waals surface area contributed by atoms with E-state index in [0.29, 0.717) is 13.1 Å². The first-order valence-corrected chi connectivity index (χ1v) is 7.99. The highest BCUT2D eigenvalue weighted by atomic mass is 35.5. The van der Waals surface area contributed by atoms with E-state index in [9.17, 15) is 4.79 Å². The molecule has 21 heavy (non-hydrogen) atoms. The molecule has 0 aliphatic heterocycles. The van der Waals surface area contributed by atoms with Gasteiger partial charge < -0.3 is 4.90 Å². The van der Waals surface area contributed by atoms with Crippen molar-refractivity contribution in [2.45, 2.75) is 27.3 Å². The van der Waals surface area contributed by atoms with Crippen molar-refractivity contribution in [1.29, 1.82) is 0 Å². The van der Waals surface area contributed by atoms with E-state index < -0.39 is 0 Å². The van der Waals surface area contributed by atoms with Gasteiger partial charge in [0.25, 0.3) is 0 Å². The van der Waals surface area contributed by atoms with Gasteiger partial charge in [-0.15, -0.1) is 0 Å². The molecule has 0 N–H and O–H groups in total. The second-order valence-corrected chi connectivity index (χ2v) is 7.13. The number of carbonyl (C=O) groups excluding carboxylic acids is 1. The van der Waals surface area contributed by atoms with Gasteiger partial charge >= 0.3 is 0 Å². The standard InChI is InChI=1S/C17H21Cl2NO/c1-4-20(11-12-8-6-5-7-9-12)16(21)15-13(10-14(18)19)17(15,2)3/h5-10,13,15H,4,11H2,1-3H3/t13-,15-/m0/s1. The molecule has 0 heterocycles. The lowest BCUT2D eigenvalue weighted by Gasteiger charge is -2.22. The zero-order chi connectivity index (χ0) is 15.6. The minimum absolute atomic E-state index is 0.0336. The van der Waals surface area contributed by atoms with Gasteiger partial charge in [-0.25, -0.2) is 0 Å². The average Bonchev–Trinajstić information content (AvgIpc) is 2.96. The van der Waals surface area contributed by atoms with Gasteiger partial charge in [-0.1, -0.05) is 67.4 Å². The summed E-state index contributed by atoms with van der Waals surface area (Å²) in [5, 5.41) is 0. The number of hydrogen-bond donors (Lipinski definition) is 0. The van der Waals surface area contributed by atoms with Crippen molar-refractivity contribution in [3.63, 3.8) is 0 Å². The fraction of sp³-hybridized carbons (Fsp3) is 0.471. The molecule has 1 aromatic rings. The summed E-state index contributed by atoms with van der Waals surface area (Å²) in [6.45, 7) is 7.53. The van der Waals surface area contributed by atoms with Crippen molar-refractivity contribution in [2.24, 2.45) is 17.3 Å². The summed E-state index contributed by atoms with van der Waals surface area (Å²) in [7, 11) is 0. The normalized spacial score (nSPS) is 22.5. The van der Waals surface area contributed by atoms with E-state index in [-0.39, 0.29) is 27.6 Å². The highest BCUT2D eigenvalue weighted by Crippen LogP contribution is 2.60. The third kappa shape index (κ3) is 3.61. The molecule has 1 aromatic carbocycles. The molecule has 0 radical (unpaired) electrons. The van der Waals surface area contributed by atoms with Crippen LogP contribution >= 0.6 is 23.2 Å². The molecule has 2 rings (SSSR count). The Morgan fingerprint density at radius 1 is 1.29 bits per heavy atom. The van der Waals surface area contributed by atoms with Crippen LogP contribution in [0.1, 0.15) is 26.3 Å². The number of rotatable bonds is 5. The maximum atomic E-state index is 12.8. The second-order valence-electron chi connectivity index (χ2n) is 6.12. The van der Waals surface area contributed by atoms with Gasteiger partial charge in [-0.3, -0.25) is 4.79 Å². The predicted molar refractivity (Wildman–Crippen MR) is 88.1 cm³/mol. The molecule has 2 nitrogen and oxygen atoms in total. The average molecular weight is 326 g/mol. The number of carbonyl (C=O) groups is 1. The van der Waals surface area contributed by atoms with Crippen molar-refractivity contribution in [3.8, 4) is 0 Å². The van der Waals surface area contributed by atoms with Crippen LogP contribution in [0.3, 0.4) is 0 Å².